The molecule has 35 heavy (non-hydrogen) atoms. The first kappa shape index (κ1) is 23.4. The molecule has 3 aromatic rings. The lowest BCUT2D eigenvalue weighted by molar-refractivity contribution is -0.0189. The summed E-state index contributed by atoms with van der Waals surface area (Å²) >= 11 is 0. The van der Waals surface area contributed by atoms with Crippen LogP contribution >= 0.6 is 0 Å². The third-order valence-electron chi connectivity index (χ3n) is 7.14. The van der Waals surface area contributed by atoms with E-state index in [1.54, 1.807) is 24.5 Å². The number of anilines is 2. The Morgan fingerprint density at radius 3 is 2.66 bits per heavy atom. The number of ether oxygens (including phenoxy) is 2. The van der Waals surface area contributed by atoms with Gasteiger partial charge in [-0.25, -0.2) is 28.5 Å². The summed E-state index contributed by atoms with van der Waals surface area (Å²) in [6, 6.07) is 5.30. The van der Waals surface area contributed by atoms with E-state index in [4.69, 9.17) is 14.5 Å². The van der Waals surface area contributed by atoms with E-state index in [2.05, 4.69) is 22.2 Å². The van der Waals surface area contributed by atoms with Crippen LogP contribution in [-0.4, -0.2) is 39.6 Å². The minimum atomic E-state index is -2.59. The van der Waals surface area contributed by atoms with Crippen LogP contribution in [0, 0.1) is 5.92 Å². The highest BCUT2D eigenvalue weighted by molar-refractivity contribution is 5.93. The van der Waals surface area contributed by atoms with Crippen molar-refractivity contribution in [2.24, 2.45) is 5.92 Å². The molecule has 1 aliphatic heterocycles. The molecule has 1 fully saturated rings. The first-order chi connectivity index (χ1) is 16.6. The fourth-order valence-corrected chi connectivity index (χ4v) is 4.56. The van der Waals surface area contributed by atoms with Gasteiger partial charge in [-0.2, -0.15) is 0 Å². The fourth-order valence-electron chi connectivity index (χ4n) is 4.56. The van der Waals surface area contributed by atoms with Gasteiger partial charge in [-0.05, 0) is 67.7 Å². The first-order valence-electron chi connectivity index (χ1n) is 11.8. The molecule has 184 valence electrons. The van der Waals surface area contributed by atoms with Crippen LogP contribution in [0.5, 0.6) is 5.88 Å². The molecule has 0 saturated heterocycles. The number of hydrogen-bond acceptors (Lipinski definition) is 7. The summed E-state index contributed by atoms with van der Waals surface area (Å²) in [6.45, 7) is 7.16. The molecule has 0 spiro atoms. The average Bonchev–Trinajstić information content (AvgIpc) is 3.66. The molecular formula is C26H28F2N4O3. The quantitative estimate of drug-likeness (QED) is 0.415. The van der Waals surface area contributed by atoms with Gasteiger partial charge in [0.15, 0.2) is 6.61 Å². The normalized spacial score (nSPS) is 19.9. The van der Waals surface area contributed by atoms with Crippen LogP contribution in [0.2, 0.25) is 0 Å². The number of fused-ring (bicyclic) bond motifs is 2. The van der Waals surface area contributed by atoms with Crippen molar-refractivity contribution in [3.8, 4) is 5.88 Å². The summed E-state index contributed by atoms with van der Waals surface area (Å²) in [5.41, 5.74) is 1.51. The number of halogens is 2. The highest BCUT2D eigenvalue weighted by Gasteiger charge is 2.40. The molecule has 2 aliphatic rings. The van der Waals surface area contributed by atoms with E-state index in [-0.39, 0.29) is 23.7 Å². The van der Waals surface area contributed by atoms with E-state index in [0.29, 0.717) is 34.2 Å². The number of cyclic esters (lactones) is 1. The van der Waals surface area contributed by atoms with Crippen LogP contribution < -0.4 is 10.1 Å². The highest BCUT2D eigenvalue weighted by atomic mass is 19.3. The Morgan fingerprint density at radius 1 is 1.17 bits per heavy atom. The zero-order valence-electron chi connectivity index (χ0n) is 20.1. The molecule has 5 rings (SSSR count). The van der Waals surface area contributed by atoms with Crippen LogP contribution in [0.1, 0.15) is 74.0 Å². The number of nitrogens with one attached hydrogen (secondary N) is 1. The lowest BCUT2D eigenvalue weighted by Gasteiger charge is -2.36. The lowest BCUT2D eigenvalue weighted by Crippen LogP contribution is -2.39. The number of alkyl halides is 2. The maximum atomic E-state index is 12.8. The summed E-state index contributed by atoms with van der Waals surface area (Å²) in [5, 5.41) is 4.69. The maximum absolute atomic E-state index is 12.8. The standard InChI is InChI=1S/C26H28F2N4O3/c1-13(15-5-6-15)18-10-30-24(34-12-20(27)28)19-11-29-22(9-17(18)19)31-21-8-7-16-23(32-21)14(2)26(3,4)35-25(16)33/h7-11,13-15,20H,5-6,12H2,1-4H3,(H,29,31,32). The van der Waals surface area contributed by atoms with E-state index in [1.165, 1.54) is 12.8 Å². The molecule has 0 aromatic carbocycles. The van der Waals surface area contributed by atoms with E-state index < -0.39 is 18.6 Å². The van der Waals surface area contributed by atoms with Crippen molar-refractivity contribution in [1.29, 1.82) is 0 Å². The summed E-state index contributed by atoms with van der Waals surface area (Å²) < 4.78 is 36.3. The number of carbonyl (C=O) groups is 1. The van der Waals surface area contributed by atoms with Crippen molar-refractivity contribution in [1.82, 2.24) is 15.0 Å². The summed E-state index contributed by atoms with van der Waals surface area (Å²) in [4.78, 5) is 25.9. The first-order valence-corrected chi connectivity index (χ1v) is 11.8. The Kier molecular flexibility index (Phi) is 5.81. The van der Waals surface area contributed by atoms with Gasteiger partial charge in [-0.1, -0.05) is 13.8 Å². The van der Waals surface area contributed by atoms with Crippen molar-refractivity contribution >= 4 is 28.4 Å². The smallest absolute Gasteiger partial charge is 0.340 e. The highest BCUT2D eigenvalue weighted by Crippen LogP contribution is 2.45. The zero-order chi connectivity index (χ0) is 24.9. The Balaban J connectivity index is 1.51. The van der Waals surface area contributed by atoms with Crippen molar-refractivity contribution < 1.29 is 23.0 Å². The molecule has 2 unspecified atom stereocenters. The third kappa shape index (κ3) is 4.51. The van der Waals surface area contributed by atoms with Crippen LogP contribution in [-0.2, 0) is 4.74 Å². The van der Waals surface area contributed by atoms with Gasteiger partial charge in [0, 0.05) is 18.3 Å². The number of nitrogens with zero attached hydrogens (tertiary/aromatic N) is 3. The lowest BCUT2D eigenvalue weighted by atomic mass is 9.84. The fraction of sp³-hybridized carbons (Fsp3) is 0.462. The Labute approximate surface area is 202 Å². The van der Waals surface area contributed by atoms with Crippen molar-refractivity contribution in [2.45, 2.75) is 64.4 Å². The van der Waals surface area contributed by atoms with Crippen molar-refractivity contribution in [3.63, 3.8) is 0 Å². The second kappa shape index (κ2) is 8.70. The average molecular weight is 483 g/mol. The molecule has 1 aliphatic carbocycles. The number of hydrogen-bond donors (Lipinski definition) is 1. The molecule has 3 aromatic heterocycles. The second-order valence-corrected chi connectivity index (χ2v) is 9.93. The number of esters is 1. The van der Waals surface area contributed by atoms with Gasteiger partial charge in [0.2, 0.25) is 5.88 Å². The number of aromatic nitrogens is 3. The number of carbonyl (C=O) groups excluding carboxylic acids is 1. The van der Waals surface area contributed by atoms with Crippen molar-refractivity contribution in [3.05, 3.63) is 47.4 Å². The predicted molar refractivity (Wildman–Crippen MR) is 128 cm³/mol. The molecule has 0 bridgehead atoms. The van der Waals surface area contributed by atoms with E-state index in [1.807, 2.05) is 26.8 Å². The molecule has 0 radical (unpaired) electrons. The van der Waals surface area contributed by atoms with E-state index >= 15 is 0 Å². The third-order valence-corrected chi connectivity index (χ3v) is 7.14. The molecule has 0 amide bonds. The molecule has 1 N–H and O–H groups in total. The topological polar surface area (TPSA) is 86.2 Å². The van der Waals surface area contributed by atoms with Crippen LogP contribution in [0.4, 0.5) is 20.4 Å². The minimum Gasteiger partial charge on any atom is -0.471 e. The predicted octanol–water partition coefficient (Wildman–Crippen LogP) is 5.98. The van der Waals surface area contributed by atoms with Gasteiger partial charge in [0.05, 0.1) is 16.6 Å². The van der Waals surface area contributed by atoms with Gasteiger partial charge in [-0.3, -0.25) is 0 Å². The monoisotopic (exact) mass is 482 g/mol. The van der Waals surface area contributed by atoms with Crippen LogP contribution in [0.3, 0.4) is 0 Å². The maximum Gasteiger partial charge on any atom is 0.340 e. The Morgan fingerprint density at radius 2 is 1.94 bits per heavy atom. The van der Waals surface area contributed by atoms with E-state index in [9.17, 15) is 13.6 Å². The zero-order valence-corrected chi connectivity index (χ0v) is 20.1. The van der Waals surface area contributed by atoms with Gasteiger partial charge in [0.1, 0.15) is 17.2 Å². The number of pyridine rings is 3. The van der Waals surface area contributed by atoms with Gasteiger partial charge < -0.3 is 14.8 Å². The van der Waals surface area contributed by atoms with Gasteiger partial charge >= 0.3 is 5.97 Å². The summed E-state index contributed by atoms with van der Waals surface area (Å²) in [6.07, 6.45) is 3.06. The minimum absolute atomic E-state index is 0.0897. The molecular weight excluding hydrogens is 454 g/mol. The molecule has 1 saturated carbocycles. The largest absolute Gasteiger partial charge is 0.471 e. The SMILES string of the molecule is CC(c1cnc(OCC(F)F)c2cnc(Nc3ccc4c(n3)C(C)C(C)(C)OC4=O)cc12)C1CC1. The van der Waals surface area contributed by atoms with Gasteiger partial charge in [0.25, 0.3) is 6.43 Å². The second-order valence-electron chi connectivity index (χ2n) is 9.93. The van der Waals surface area contributed by atoms with Crippen molar-refractivity contribution in [2.75, 3.05) is 11.9 Å². The van der Waals surface area contributed by atoms with Crippen LogP contribution in [0.25, 0.3) is 10.8 Å². The van der Waals surface area contributed by atoms with Gasteiger partial charge in [-0.15, -0.1) is 0 Å². The van der Waals surface area contributed by atoms with E-state index in [0.717, 1.165) is 10.9 Å². The Bertz CT molecular complexity index is 1290. The van der Waals surface area contributed by atoms with Crippen LogP contribution in [0.15, 0.2) is 30.6 Å². The number of rotatable bonds is 7. The Hall–Kier alpha value is -3.36. The molecule has 2 atom stereocenters. The molecule has 7 nitrogen and oxygen atoms in total. The molecule has 9 heteroatoms. The molecule has 4 heterocycles. The summed E-state index contributed by atoms with van der Waals surface area (Å²) in [5.74, 6) is 1.64. The summed E-state index contributed by atoms with van der Waals surface area (Å²) in [7, 11) is 0.